The highest BCUT2D eigenvalue weighted by molar-refractivity contribution is 5.11. The summed E-state index contributed by atoms with van der Waals surface area (Å²) >= 11 is 0. The molecule has 1 aliphatic rings. The van der Waals surface area contributed by atoms with Crippen molar-refractivity contribution in [3.8, 4) is 5.88 Å². The molecule has 2 atom stereocenters. The van der Waals surface area contributed by atoms with Gasteiger partial charge in [0.15, 0.2) is 0 Å². The molecule has 5 heteroatoms. The lowest BCUT2D eigenvalue weighted by atomic mass is 10.0. The molecular weight excluding hydrogens is 228 g/mol. The van der Waals surface area contributed by atoms with E-state index >= 15 is 0 Å². The lowest BCUT2D eigenvalue weighted by Crippen LogP contribution is -2.55. The predicted octanol–water partition coefficient (Wildman–Crippen LogP) is 0.974. The normalized spacial score (nSPS) is 25.4. The molecular formula is C13H22N4O. The van der Waals surface area contributed by atoms with Gasteiger partial charge in [-0.05, 0) is 33.3 Å². The SMILES string of the molecule is Cc1ccc(OC2CCN(C(C)C)CC2N)nn1. The van der Waals surface area contributed by atoms with Crippen molar-refractivity contribution >= 4 is 0 Å². The maximum Gasteiger partial charge on any atom is 0.233 e. The quantitative estimate of drug-likeness (QED) is 0.866. The first-order valence-corrected chi connectivity index (χ1v) is 6.53. The second-order valence-electron chi connectivity index (χ2n) is 5.21. The van der Waals surface area contributed by atoms with E-state index in [1.54, 1.807) is 0 Å². The van der Waals surface area contributed by atoms with Crippen LogP contribution in [0.1, 0.15) is 26.0 Å². The second kappa shape index (κ2) is 5.63. The van der Waals surface area contributed by atoms with Gasteiger partial charge in [0, 0.05) is 25.2 Å². The minimum Gasteiger partial charge on any atom is -0.472 e. The Morgan fingerprint density at radius 1 is 1.39 bits per heavy atom. The predicted molar refractivity (Wildman–Crippen MR) is 70.5 cm³/mol. The molecule has 0 amide bonds. The largest absolute Gasteiger partial charge is 0.472 e. The highest BCUT2D eigenvalue weighted by Crippen LogP contribution is 2.17. The van der Waals surface area contributed by atoms with E-state index in [9.17, 15) is 0 Å². The Morgan fingerprint density at radius 3 is 2.72 bits per heavy atom. The monoisotopic (exact) mass is 250 g/mol. The summed E-state index contributed by atoms with van der Waals surface area (Å²) in [6, 6.07) is 4.32. The highest BCUT2D eigenvalue weighted by Gasteiger charge is 2.29. The maximum absolute atomic E-state index is 6.17. The van der Waals surface area contributed by atoms with Crippen LogP contribution in [0.15, 0.2) is 12.1 Å². The minimum atomic E-state index is 0.0317. The first-order valence-electron chi connectivity index (χ1n) is 6.53. The van der Waals surface area contributed by atoms with Crippen molar-refractivity contribution in [2.75, 3.05) is 13.1 Å². The fourth-order valence-electron chi connectivity index (χ4n) is 2.21. The van der Waals surface area contributed by atoms with Crippen molar-refractivity contribution in [1.29, 1.82) is 0 Å². The molecule has 0 radical (unpaired) electrons. The highest BCUT2D eigenvalue weighted by atomic mass is 16.5. The van der Waals surface area contributed by atoms with Gasteiger partial charge in [0.05, 0.1) is 11.7 Å². The molecule has 1 fully saturated rings. The summed E-state index contributed by atoms with van der Waals surface area (Å²) in [6.07, 6.45) is 0.978. The van der Waals surface area contributed by atoms with Crippen LogP contribution in [0, 0.1) is 6.92 Å². The average molecular weight is 250 g/mol. The molecule has 18 heavy (non-hydrogen) atoms. The van der Waals surface area contributed by atoms with Crippen molar-refractivity contribution in [1.82, 2.24) is 15.1 Å². The average Bonchev–Trinajstić information content (AvgIpc) is 2.34. The Balaban J connectivity index is 1.93. The van der Waals surface area contributed by atoms with Crippen LogP contribution in [-0.4, -0.2) is 46.4 Å². The zero-order valence-corrected chi connectivity index (χ0v) is 11.3. The summed E-state index contributed by atoms with van der Waals surface area (Å²) in [4.78, 5) is 2.38. The van der Waals surface area contributed by atoms with Gasteiger partial charge in [0.2, 0.25) is 5.88 Å². The van der Waals surface area contributed by atoms with Crippen molar-refractivity contribution < 1.29 is 4.74 Å². The van der Waals surface area contributed by atoms with E-state index in [2.05, 4.69) is 28.9 Å². The number of rotatable bonds is 3. The molecule has 1 aromatic heterocycles. The number of hydrogen-bond acceptors (Lipinski definition) is 5. The van der Waals surface area contributed by atoms with E-state index in [-0.39, 0.29) is 12.1 Å². The van der Waals surface area contributed by atoms with Gasteiger partial charge in [-0.15, -0.1) is 5.10 Å². The summed E-state index contributed by atoms with van der Waals surface area (Å²) in [7, 11) is 0. The third kappa shape index (κ3) is 3.17. The maximum atomic E-state index is 6.17. The molecule has 1 saturated heterocycles. The third-order valence-electron chi connectivity index (χ3n) is 3.40. The molecule has 2 heterocycles. The Labute approximate surface area is 108 Å². The number of ether oxygens (including phenoxy) is 1. The zero-order chi connectivity index (χ0) is 13.1. The van der Waals surface area contributed by atoms with E-state index in [0.717, 1.165) is 25.2 Å². The molecule has 100 valence electrons. The van der Waals surface area contributed by atoms with E-state index in [1.807, 2.05) is 19.1 Å². The van der Waals surface area contributed by atoms with E-state index in [0.29, 0.717) is 11.9 Å². The van der Waals surface area contributed by atoms with Crippen LogP contribution in [-0.2, 0) is 0 Å². The number of aryl methyl sites for hydroxylation is 1. The number of aromatic nitrogens is 2. The topological polar surface area (TPSA) is 64.3 Å². The molecule has 0 aromatic carbocycles. The molecule has 0 spiro atoms. The van der Waals surface area contributed by atoms with Gasteiger partial charge >= 0.3 is 0 Å². The first-order chi connectivity index (χ1) is 8.56. The van der Waals surface area contributed by atoms with E-state index < -0.39 is 0 Å². The van der Waals surface area contributed by atoms with Gasteiger partial charge in [0.25, 0.3) is 0 Å². The van der Waals surface area contributed by atoms with Crippen molar-refractivity contribution in [2.24, 2.45) is 5.73 Å². The fraction of sp³-hybridized carbons (Fsp3) is 0.692. The van der Waals surface area contributed by atoms with Crippen LogP contribution in [0.2, 0.25) is 0 Å². The van der Waals surface area contributed by atoms with Crippen LogP contribution in [0.4, 0.5) is 0 Å². The second-order valence-corrected chi connectivity index (χ2v) is 5.21. The molecule has 0 saturated carbocycles. The molecule has 1 aliphatic heterocycles. The number of nitrogens with two attached hydrogens (primary N) is 1. The Morgan fingerprint density at radius 2 is 2.17 bits per heavy atom. The summed E-state index contributed by atoms with van der Waals surface area (Å²) in [6.45, 7) is 8.19. The van der Waals surface area contributed by atoms with Crippen LogP contribution in [0.3, 0.4) is 0 Å². The lowest BCUT2D eigenvalue weighted by molar-refractivity contribution is 0.0618. The van der Waals surface area contributed by atoms with Crippen molar-refractivity contribution in [3.63, 3.8) is 0 Å². The Hall–Kier alpha value is -1.20. The smallest absolute Gasteiger partial charge is 0.233 e. The first kappa shape index (κ1) is 13.2. The zero-order valence-electron chi connectivity index (χ0n) is 11.3. The molecule has 2 rings (SSSR count). The molecule has 2 unspecified atom stereocenters. The van der Waals surface area contributed by atoms with Gasteiger partial charge in [-0.3, -0.25) is 4.90 Å². The Bertz CT molecular complexity index is 379. The van der Waals surface area contributed by atoms with Crippen LogP contribution in [0.25, 0.3) is 0 Å². The van der Waals surface area contributed by atoms with Gasteiger partial charge < -0.3 is 10.5 Å². The van der Waals surface area contributed by atoms with Crippen LogP contribution >= 0.6 is 0 Å². The molecule has 5 nitrogen and oxygen atoms in total. The molecule has 0 aliphatic carbocycles. The summed E-state index contributed by atoms with van der Waals surface area (Å²) in [5, 5.41) is 8.01. The minimum absolute atomic E-state index is 0.0317. The number of nitrogens with zero attached hydrogens (tertiary/aromatic N) is 3. The summed E-state index contributed by atoms with van der Waals surface area (Å²) in [5.41, 5.74) is 7.06. The van der Waals surface area contributed by atoms with Crippen molar-refractivity contribution in [3.05, 3.63) is 17.8 Å². The number of piperidine rings is 1. The number of likely N-dealkylation sites (tertiary alicyclic amines) is 1. The van der Waals surface area contributed by atoms with Crippen LogP contribution < -0.4 is 10.5 Å². The van der Waals surface area contributed by atoms with E-state index in [4.69, 9.17) is 10.5 Å². The molecule has 2 N–H and O–H groups in total. The molecule has 1 aromatic rings. The lowest BCUT2D eigenvalue weighted by Gasteiger charge is -2.38. The summed E-state index contributed by atoms with van der Waals surface area (Å²) < 4.78 is 5.83. The standard InChI is InChI=1S/C13H22N4O/c1-9(2)17-7-6-12(11(14)8-17)18-13-5-4-10(3)15-16-13/h4-5,9,11-12H,6-8,14H2,1-3H3. The fourth-order valence-corrected chi connectivity index (χ4v) is 2.21. The van der Waals surface area contributed by atoms with Crippen LogP contribution in [0.5, 0.6) is 5.88 Å². The van der Waals surface area contributed by atoms with Gasteiger partial charge in [0.1, 0.15) is 6.10 Å². The Kier molecular flexibility index (Phi) is 4.14. The number of hydrogen-bond donors (Lipinski definition) is 1. The third-order valence-corrected chi connectivity index (χ3v) is 3.40. The molecule has 0 bridgehead atoms. The van der Waals surface area contributed by atoms with Gasteiger partial charge in [-0.1, -0.05) is 0 Å². The van der Waals surface area contributed by atoms with Gasteiger partial charge in [-0.25, -0.2) is 0 Å². The summed E-state index contributed by atoms with van der Waals surface area (Å²) in [5.74, 6) is 0.569. The van der Waals surface area contributed by atoms with Crippen molar-refractivity contribution in [2.45, 2.75) is 45.4 Å². The van der Waals surface area contributed by atoms with Gasteiger partial charge in [-0.2, -0.15) is 5.10 Å². The van der Waals surface area contributed by atoms with E-state index in [1.165, 1.54) is 0 Å².